The van der Waals surface area contributed by atoms with Crippen LogP contribution >= 0.6 is 0 Å². The molecular weight excluding hydrogens is 206 g/mol. The molecule has 17 heavy (non-hydrogen) atoms. The maximum atomic E-state index is 3.50. The fourth-order valence-corrected chi connectivity index (χ4v) is 2.83. The number of rotatable bonds is 5. The van der Waals surface area contributed by atoms with Gasteiger partial charge in [-0.2, -0.15) is 0 Å². The van der Waals surface area contributed by atoms with Gasteiger partial charge < -0.3 is 5.32 Å². The molecule has 1 aliphatic rings. The molecule has 1 atom stereocenters. The molecule has 0 heterocycles. The third kappa shape index (κ3) is 3.10. The van der Waals surface area contributed by atoms with Crippen LogP contribution in [0.25, 0.3) is 0 Å². The van der Waals surface area contributed by atoms with Crippen LogP contribution in [0, 0.1) is 11.8 Å². The molecular formula is C16H25N. The first-order chi connectivity index (χ1) is 8.20. The molecule has 0 amide bonds. The van der Waals surface area contributed by atoms with Gasteiger partial charge in [0.1, 0.15) is 0 Å². The lowest BCUT2D eigenvalue weighted by molar-refractivity contribution is 0.239. The van der Waals surface area contributed by atoms with Gasteiger partial charge in [0.15, 0.2) is 0 Å². The van der Waals surface area contributed by atoms with Crippen LogP contribution in [0.4, 0.5) is 0 Å². The van der Waals surface area contributed by atoms with E-state index in [1.807, 2.05) is 0 Å². The number of nitrogens with one attached hydrogen (secondary N) is 1. The summed E-state index contributed by atoms with van der Waals surface area (Å²) in [5.74, 6) is 1.59. The van der Waals surface area contributed by atoms with E-state index in [-0.39, 0.29) is 0 Å². The lowest BCUT2D eigenvalue weighted by Gasteiger charge is -2.34. The summed E-state index contributed by atoms with van der Waals surface area (Å²) in [5.41, 5.74) is 2.97. The molecule has 1 nitrogen and oxygen atoms in total. The Bertz CT molecular complexity index is 352. The van der Waals surface area contributed by atoms with E-state index in [9.17, 15) is 0 Å². The topological polar surface area (TPSA) is 12.0 Å². The molecule has 2 rings (SSSR count). The van der Waals surface area contributed by atoms with Crippen LogP contribution in [-0.2, 0) is 6.42 Å². The minimum Gasteiger partial charge on any atom is -0.313 e. The molecule has 0 aliphatic heterocycles. The fourth-order valence-electron chi connectivity index (χ4n) is 2.83. The van der Waals surface area contributed by atoms with Crippen molar-refractivity contribution >= 4 is 0 Å². The van der Waals surface area contributed by atoms with Crippen molar-refractivity contribution in [3.63, 3.8) is 0 Å². The monoisotopic (exact) mass is 231 g/mol. The Morgan fingerprint density at radius 1 is 1.29 bits per heavy atom. The molecule has 0 bridgehead atoms. The zero-order valence-electron chi connectivity index (χ0n) is 11.4. The number of hydrogen-bond acceptors (Lipinski definition) is 1. The average molecular weight is 231 g/mol. The lowest BCUT2D eigenvalue weighted by Crippen LogP contribution is -2.29. The molecule has 0 aromatic heterocycles. The first kappa shape index (κ1) is 12.6. The molecule has 1 heteroatoms. The van der Waals surface area contributed by atoms with Gasteiger partial charge >= 0.3 is 0 Å². The summed E-state index contributed by atoms with van der Waals surface area (Å²) < 4.78 is 0. The molecule has 0 radical (unpaired) electrons. The first-order valence-electron chi connectivity index (χ1n) is 6.97. The smallest absolute Gasteiger partial charge is 0.0346 e. The van der Waals surface area contributed by atoms with Crippen LogP contribution in [0.5, 0.6) is 0 Å². The Morgan fingerprint density at radius 2 is 2.06 bits per heavy atom. The molecule has 0 spiro atoms. The van der Waals surface area contributed by atoms with Gasteiger partial charge in [0.2, 0.25) is 0 Å². The zero-order valence-corrected chi connectivity index (χ0v) is 11.4. The Hall–Kier alpha value is -0.820. The van der Waals surface area contributed by atoms with Crippen LogP contribution < -0.4 is 5.32 Å². The highest BCUT2D eigenvalue weighted by atomic mass is 14.9. The molecule has 1 aromatic rings. The second-order valence-corrected chi connectivity index (χ2v) is 5.80. The third-order valence-corrected chi connectivity index (χ3v) is 3.89. The Labute approximate surface area is 106 Å². The van der Waals surface area contributed by atoms with Crippen molar-refractivity contribution in [2.24, 2.45) is 11.8 Å². The second kappa shape index (κ2) is 5.68. The number of benzene rings is 1. The van der Waals surface area contributed by atoms with Gasteiger partial charge in [0.25, 0.3) is 0 Å². The molecule has 0 saturated heterocycles. The summed E-state index contributed by atoms with van der Waals surface area (Å²) in [7, 11) is 2.10. The van der Waals surface area contributed by atoms with Gasteiger partial charge in [-0.25, -0.2) is 0 Å². The fraction of sp³-hybridized carbons (Fsp3) is 0.625. The Kier molecular flexibility index (Phi) is 4.22. The number of hydrogen-bond donors (Lipinski definition) is 1. The average Bonchev–Trinajstić information content (AvgIpc) is 2.22. The summed E-state index contributed by atoms with van der Waals surface area (Å²) in [6, 6.07) is 9.73. The highest BCUT2D eigenvalue weighted by Gasteiger charge is 2.27. The highest BCUT2D eigenvalue weighted by Crippen LogP contribution is 2.37. The van der Waals surface area contributed by atoms with Gasteiger partial charge in [0, 0.05) is 6.04 Å². The van der Waals surface area contributed by atoms with E-state index in [4.69, 9.17) is 0 Å². The second-order valence-electron chi connectivity index (χ2n) is 5.80. The largest absolute Gasteiger partial charge is 0.313 e. The Morgan fingerprint density at radius 3 is 2.59 bits per heavy atom. The van der Waals surface area contributed by atoms with Crippen LogP contribution in [0.2, 0.25) is 0 Å². The van der Waals surface area contributed by atoms with Crippen LogP contribution in [0.15, 0.2) is 24.3 Å². The van der Waals surface area contributed by atoms with Crippen molar-refractivity contribution in [3.8, 4) is 0 Å². The van der Waals surface area contributed by atoms with Crippen molar-refractivity contribution in [2.45, 2.75) is 45.6 Å². The molecule has 1 fully saturated rings. The van der Waals surface area contributed by atoms with E-state index in [1.54, 1.807) is 0 Å². The van der Waals surface area contributed by atoms with E-state index in [0.29, 0.717) is 6.04 Å². The van der Waals surface area contributed by atoms with Gasteiger partial charge in [-0.15, -0.1) is 0 Å². The first-order valence-corrected chi connectivity index (χ1v) is 6.97. The van der Waals surface area contributed by atoms with E-state index >= 15 is 0 Å². The molecule has 1 aliphatic carbocycles. The van der Waals surface area contributed by atoms with Crippen molar-refractivity contribution in [1.82, 2.24) is 5.32 Å². The van der Waals surface area contributed by atoms with Crippen LogP contribution in [0.3, 0.4) is 0 Å². The minimum absolute atomic E-state index is 0.566. The molecule has 1 saturated carbocycles. The minimum atomic E-state index is 0.566. The van der Waals surface area contributed by atoms with Gasteiger partial charge in [-0.3, -0.25) is 0 Å². The van der Waals surface area contributed by atoms with Gasteiger partial charge in [-0.05, 0) is 49.3 Å². The molecule has 94 valence electrons. The zero-order chi connectivity index (χ0) is 12.3. The Balaban J connectivity index is 2.12. The molecule has 1 N–H and O–H groups in total. The van der Waals surface area contributed by atoms with Crippen molar-refractivity contribution in [3.05, 3.63) is 35.4 Å². The normalized spacial score (nSPS) is 18.1. The quantitative estimate of drug-likeness (QED) is 0.809. The summed E-state index contributed by atoms with van der Waals surface area (Å²) in [5, 5.41) is 3.50. The summed E-state index contributed by atoms with van der Waals surface area (Å²) in [6.07, 6.45) is 5.38. The summed E-state index contributed by atoms with van der Waals surface area (Å²) in [4.78, 5) is 0. The van der Waals surface area contributed by atoms with Crippen molar-refractivity contribution in [1.29, 1.82) is 0 Å². The van der Waals surface area contributed by atoms with Crippen LogP contribution in [0.1, 0.15) is 50.3 Å². The maximum Gasteiger partial charge on any atom is 0.0346 e. The van der Waals surface area contributed by atoms with Gasteiger partial charge in [-0.1, -0.05) is 44.5 Å². The van der Waals surface area contributed by atoms with E-state index in [1.165, 1.54) is 36.8 Å². The van der Waals surface area contributed by atoms with Crippen molar-refractivity contribution < 1.29 is 0 Å². The van der Waals surface area contributed by atoms with E-state index in [0.717, 1.165) is 11.8 Å². The molecule has 1 unspecified atom stereocenters. The summed E-state index contributed by atoms with van der Waals surface area (Å²) >= 11 is 0. The van der Waals surface area contributed by atoms with E-state index in [2.05, 4.69) is 50.5 Å². The predicted molar refractivity (Wildman–Crippen MR) is 74.1 cm³/mol. The van der Waals surface area contributed by atoms with Crippen LogP contribution in [-0.4, -0.2) is 7.05 Å². The molecule has 1 aromatic carbocycles. The highest BCUT2D eigenvalue weighted by molar-refractivity contribution is 5.27. The summed E-state index contributed by atoms with van der Waals surface area (Å²) in [6.45, 7) is 4.57. The van der Waals surface area contributed by atoms with Gasteiger partial charge in [0.05, 0.1) is 0 Å². The maximum absolute atomic E-state index is 3.50. The standard InChI is InChI=1S/C16H25N/c1-12(2)10-13-6-4-9-15(11-13)16(17-3)14-7-5-8-14/h4,6,9,11-12,14,16-17H,5,7-8,10H2,1-3H3. The van der Waals surface area contributed by atoms with Crippen molar-refractivity contribution in [2.75, 3.05) is 7.05 Å². The van der Waals surface area contributed by atoms with E-state index < -0.39 is 0 Å². The lowest BCUT2D eigenvalue weighted by atomic mass is 9.77. The predicted octanol–water partition coefficient (Wildman–Crippen LogP) is 3.95. The third-order valence-electron chi connectivity index (χ3n) is 3.89. The SMILES string of the molecule is CNC(c1cccc(CC(C)C)c1)C1CCC1.